The van der Waals surface area contributed by atoms with Crippen LogP contribution in [0.1, 0.15) is 41.5 Å². The fraction of sp³-hybridized carbons (Fsp3) is 0.333. The van der Waals surface area contributed by atoms with Gasteiger partial charge in [-0.2, -0.15) is 0 Å². The predicted molar refractivity (Wildman–Crippen MR) is 88.9 cm³/mol. The van der Waals surface area contributed by atoms with Crippen molar-refractivity contribution >= 4 is 0 Å². The molecule has 0 fully saturated rings. The van der Waals surface area contributed by atoms with E-state index in [0.717, 1.165) is 33.4 Å². The van der Waals surface area contributed by atoms with Crippen LogP contribution in [0.5, 0.6) is 0 Å². The van der Waals surface area contributed by atoms with Crippen molar-refractivity contribution in [2.75, 3.05) is 0 Å². The van der Waals surface area contributed by atoms with Gasteiger partial charge in [0.15, 0.2) is 0 Å². The molecule has 0 radical (unpaired) electrons. The van der Waals surface area contributed by atoms with Crippen LogP contribution in [0.4, 0.5) is 0 Å². The molecule has 108 valence electrons. The van der Waals surface area contributed by atoms with Crippen LogP contribution >= 0.6 is 0 Å². The Morgan fingerprint density at radius 1 is 0.368 bits per heavy atom. The summed E-state index contributed by atoms with van der Waals surface area (Å²) in [6.07, 6.45) is 0. The maximum Gasteiger partial charge on any atom is 0 e. The van der Waals surface area contributed by atoms with Gasteiger partial charge in [0.1, 0.15) is 0 Å². The molecule has 0 aliphatic heterocycles. The zero-order valence-corrected chi connectivity index (χ0v) is 15.7. The summed E-state index contributed by atoms with van der Waals surface area (Å²) in [6.45, 7) is 33.6. The van der Waals surface area contributed by atoms with Crippen LogP contribution in [-0.2, 0) is 21.1 Å². The topological polar surface area (TPSA) is 0 Å². The first-order valence-electron chi connectivity index (χ1n) is 5.87. The van der Waals surface area contributed by atoms with Gasteiger partial charge in [-0.1, -0.05) is 72.9 Å². The summed E-state index contributed by atoms with van der Waals surface area (Å²) in [5.74, 6) is 0. The Balaban J connectivity index is -0.0000000865. The molecule has 0 saturated carbocycles. The molecular weight excluding hydrogens is 312 g/mol. The fourth-order valence-corrected chi connectivity index (χ4v) is 0. The summed E-state index contributed by atoms with van der Waals surface area (Å²) < 4.78 is 0. The summed E-state index contributed by atoms with van der Waals surface area (Å²) in [4.78, 5) is 0. The predicted octanol–water partition coefficient (Wildman–Crippen LogP) is 6.41. The molecule has 0 spiro atoms. The monoisotopic (exact) mass is 344 g/mol. The van der Waals surface area contributed by atoms with Crippen molar-refractivity contribution in [3.05, 3.63) is 72.9 Å². The second kappa shape index (κ2) is 15.2. The van der Waals surface area contributed by atoms with E-state index < -0.39 is 0 Å². The molecule has 0 atom stereocenters. The second-order valence-corrected chi connectivity index (χ2v) is 4.68. The quantitative estimate of drug-likeness (QED) is 0.410. The SMILES string of the molecule is C=C(C)C(=C)C.C=C(C)C(=C)C.C=C(C)C(=C)C.[Mo]. The van der Waals surface area contributed by atoms with E-state index in [1.54, 1.807) is 0 Å². The molecule has 0 aromatic heterocycles. The minimum Gasteiger partial charge on any atom is -0.0959 e. The van der Waals surface area contributed by atoms with Crippen molar-refractivity contribution in [1.82, 2.24) is 0 Å². The van der Waals surface area contributed by atoms with Gasteiger partial charge in [-0.05, 0) is 41.5 Å². The molecular formula is C18H30Mo. The smallest absolute Gasteiger partial charge is 0 e. The minimum absolute atomic E-state index is 0. The van der Waals surface area contributed by atoms with E-state index in [0.29, 0.717) is 0 Å². The molecule has 0 rings (SSSR count). The number of allylic oxidation sites excluding steroid dienone is 6. The van der Waals surface area contributed by atoms with Crippen molar-refractivity contribution in [3.8, 4) is 0 Å². The van der Waals surface area contributed by atoms with Crippen LogP contribution in [0.25, 0.3) is 0 Å². The molecule has 0 saturated heterocycles. The second-order valence-electron chi connectivity index (χ2n) is 4.68. The molecule has 0 aliphatic rings. The molecule has 0 bridgehead atoms. The Morgan fingerprint density at radius 3 is 0.421 bits per heavy atom. The Kier molecular flexibility index (Phi) is 21.3. The molecule has 0 heterocycles. The maximum absolute atomic E-state index is 3.66. The number of hydrogen-bond acceptors (Lipinski definition) is 0. The van der Waals surface area contributed by atoms with Gasteiger partial charge in [0.25, 0.3) is 0 Å². The third-order valence-electron chi connectivity index (χ3n) is 2.19. The van der Waals surface area contributed by atoms with E-state index in [-0.39, 0.29) is 21.1 Å². The molecule has 1 heteroatoms. The van der Waals surface area contributed by atoms with Crippen LogP contribution in [0.15, 0.2) is 72.9 Å². The minimum atomic E-state index is 0. The summed E-state index contributed by atoms with van der Waals surface area (Å²) in [7, 11) is 0. The molecule has 0 aromatic rings. The Morgan fingerprint density at radius 2 is 0.421 bits per heavy atom. The molecule has 0 amide bonds. The van der Waals surface area contributed by atoms with Crippen LogP contribution < -0.4 is 0 Å². The van der Waals surface area contributed by atoms with Crippen molar-refractivity contribution in [2.24, 2.45) is 0 Å². The van der Waals surface area contributed by atoms with E-state index in [4.69, 9.17) is 0 Å². The molecule has 0 unspecified atom stereocenters. The first-order valence-corrected chi connectivity index (χ1v) is 5.87. The molecule has 0 N–H and O–H groups in total. The van der Waals surface area contributed by atoms with Gasteiger partial charge in [-0.15, -0.1) is 0 Å². The third-order valence-corrected chi connectivity index (χ3v) is 2.19. The van der Waals surface area contributed by atoms with Crippen molar-refractivity contribution in [3.63, 3.8) is 0 Å². The van der Waals surface area contributed by atoms with Gasteiger partial charge >= 0.3 is 0 Å². The van der Waals surface area contributed by atoms with Gasteiger partial charge in [0.2, 0.25) is 0 Å². The summed E-state index contributed by atoms with van der Waals surface area (Å²) in [6, 6.07) is 0. The normalized spacial score (nSPS) is 7.26. The first-order chi connectivity index (χ1) is 7.93. The van der Waals surface area contributed by atoms with Gasteiger partial charge in [0.05, 0.1) is 0 Å². The van der Waals surface area contributed by atoms with Crippen molar-refractivity contribution in [1.29, 1.82) is 0 Å². The van der Waals surface area contributed by atoms with E-state index in [1.165, 1.54) is 0 Å². The van der Waals surface area contributed by atoms with Gasteiger partial charge < -0.3 is 0 Å². The fourth-order valence-electron chi connectivity index (χ4n) is 0. The summed E-state index contributed by atoms with van der Waals surface area (Å²) >= 11 is 0. The van der Waals surface area contributed by atoms with Crippen LogP contribution in [0.2, 0.25) is 0 Å². The molecule has 0 aromatic carbocycles. The largest absolute Gasteiger partial charge is 0.0959 e. The molecule has 19 heavy (non-hydrogen) atoms. The third kappa shape index (κ3) is 31.7. The number of rotatable bonds is 3. The van der Waals surface area contributed by atoms with Crippen LogP contribution in [-0.4, -0.2) is 0 Å². The Bertz CT molecular complexity index is 261. The Labute approximate surface area is 135 Å². The van der Waals surface area contributed by atoms with E-state index in [9.17, 15) is 0 Å². The van der Waals surface area contributed by atoms with Gasteiger partial charge in [-0.3, -0.25) is 0 Å². The van der Waals surface area contributed by atoms with Crippen LogP contribution in [0.3, 0.4) is 0 Å². The molecule has 0 aliphatic carbocycles. The van der Waals surface area contributed by atoms with Crippen molar-refractivity contribution < 1.29 is 21.1 Å². The summed E-state index contributed by atoms with van der Waals surface area (Å²) in [5, 5.41) is 0. The average Bonchev–Trinajstić information content (AvgIpc) is 2.18. The molecule has 0 nitrogen and oxygen atoms in total. The average molecular weight is 342 g/mol. The van der Waals surface area contributed by atoms with Crippen LogP contribution in [0, 0.1) is 0 Å². The zero-order valence-electron chi connectivity index (χ0n) is 13.7. The van der Waals surface area contributed by atoms with Crippen molar-refractivity contribution in [2.45, 2.75) is 41.5 Å². The standard InChI is InChI=1S/3C6H10.Mo/c3*1-5(2)6(3)4;/h3*1,3H2,2,4H3;. The van der Waals surface area contributed by atoms with E-state index in [2.05, 4.69) is 39.5 Å². The Hall–Kier alpha value is -0.872. The maximum atomic E-state index is 3.66. The van der Waals surface area contributed by atoms with E-state index in [1.807, 2.05) is 41.5 Å². The summed E-state index contributed by atoms with van der Waals surface area (Å²) in [5.41, 5.74) is 6.39. The first kappa shape index (κ1) is 26.6. The van der Waals surface area contributed by atoms with E-state index >= 15 is 0 Å². The number of hydrogen-bond donors (Lipinski definition) is 0. The van der Waals surface area contributed by atoms with Gasteiger partial charge in [0, 0.05) is 21.1 Å². The van der Waals surface area contributed by atoms with Gasteiger partial charge in [-0.25, -0.2) is 0 Å². The zero-order chi connectivity index (χ0) is 15.5.